The lowest BCUT2D eigenvalue weighted by Gasteiger charge is -2.03. The SMILES string of the molecule is Cc1noc(-c2ccc(C(=O)Nc3nc(-c4ccc5c(c4)OCO5)cs3)cc2)n1. The second-order valence-corrected chi connectivity index (χ2v) is 7.14. The van der Waals surface area contributed by atoms with Gasteiger partial charge in [0.15, 0.2) is 22.5 Å². The number of nitrogens with one attached hydrogen (secondary N) is 1. The highest BCUT2D eigenvalue weighted by molar-refractivity contribution is 7.14. The van der Waals surface area contributed by atoms with Crippen LogP contribution in [0, 0.1) is 6.92 Å². The molecule has 0 aliphatic carbocycles. The van der Waals surface area contributed by atoms with E-state index in [9.17, 15) is 4.79 Å². The second kappa shape index (κ2) is 7.02. The molecule has 0 unspecified atom stereocenters. The van der Waals surface area contributed by atoms with E-state index in [1.807, 2.05) is 23.6 Å². The van der Waals surface area contributed by atoms with Gasteiger partial charge in [-0.15, -0.1) is 11.3 Å². The van der Waals surface area contributed by atoms with Crippen LogP contribution >= 0.6 is 11.3 Å². The molecule has 4 aromatic rings. The van der Waals surface area contributed by atoms with Crippen LogP contribution in [0.4, 0.5) is 5.13 Å². The fourth-order valence-electron chi connectivity index (χ4n) is 2.87. The molecule has 2 aromatic heterocycles. The van der Waals surface area contributed by atoms with E-state index in [-0.39, 0.29) is 12.7 Å². The van der Waals surface area contributed by atoms with Gasteiger partial charge in [0, 0.05) is 22.1 Å². The molecule has 0 saturated heterocycles. The first-order chi connectivity index (χ1) is 14.2. The lowest BCUT2D eigenvalue weighted by molar-refractivity contribution is 0.102. The zero-order valence-electron chi connectivity index (χ0n) is 15.2. The molecule has 0 saturated carbocycles. The molecule has 5 rings (SSSR count). The Morgan fingerprint density at radius 2 is 1.83 bits per heavy atom. The van der Waals surface area contributed by atoms with Gasteiger partial charge in [-0.2, -0.15) is 4.98 Å². The number of carbonyl (C=O) groups excluding carboxylic acids is 1. The number of aromatic nitrogens is 3. The molecule has 3 heterocycles. The number of amides is 1. The lowest BCUT2D eigenvalue weighted by Crippen LogP contribution is -2.11. The van der Waals surface area contributed by atoms with Crippen molar-refractivity contribution in [2.75, 3.05) is 12.1 Å². The molecule has 0 atom stereocenters. The average molecular weight is 406 g/mol. The molecule has 9 heteroatoms. The Balaban J connectivity index is 1.30. The van der Waals surface area contributed by atoms with Gasteiger partial charge in [0.1, 0.15) is 0 Å². The number of nitrogens with zero attached hydrogens (tertiary/aromatic N) is 3. The summed E-state index contributed by atoms with van der Waals surface area (Å²) < 4.78 is 15.9. The van der Waals surface area contributed by atoms with E-state index < -0.39 is 0 Å². The van der Waals surface area contributed by atoms with Crippen molar-refractivity contribution in [3.8, 4) is 34.2 Å². The Bertz CT molecular complexity index is 1200. The third-order valence-corrected chi connectivity index (χ3v) is 5.07. The van der Waals surface area contributed by atoms with Crippen LogP contribution in [0.5, 0.6) is 11.5 Å². The summed E-state index contributed by atoms with van der Waals surface area (Å²) in [4.78, 5) is 21.2. The highest BCUT2D eigenvalue weighted by Gasteiger charge is 2.16. The van der Waals surface area contributed by atoms with Crippen molar-refractivity contribution in [2.24, 2.45) is 0 Å². The topological polar surface area (TPSA) is 99.4 Å². The maximum Gasteiger partial charge on any atom is 0.257 e. The van der Waals surface area contributed by atoms with Crippen LogP contribution < -0.4 is 14.8 Å². The summed E-state index contributed by atoms with van der Waals surface area (Å²) in [5.41, 5.74) is 2.90. The summed E-state index contributed by atoms with van der Waals surface area (Å²) in [6.45, 7) is 1.97. The predicted molar refractivity (Wildman–Crippen MR) is 106 cm³/mol. The molecule has 1 aliphatic heterocycles. The number of fused-ring (bicyclic) bond motifs is 1. The molecule has 0 spiro atoms. The summed E-state index contributed by atoms with van der Waals surface area (Å²) in [6, 6.07) is 12.6. The number of hydrogen-bond acceptors (Lipinski definition) is 8. The summed E-state index contributed by atoms with van der Waals surface area (Å²) in [6.07, 6.45) is 0. The standard InChI is InChI=1S/C20H14N4O4S/c1-11-21-19(28-24-11)13-4-2-12(3-5-13)18(25)23-20-22-15(9-29-20)14-6-7-16-17(8-14)27-10-26-16/h2-9H,10H2,1H3,(H,22,23,25). The summed E-state index contributed by atoms with van der Waals surface area (Å²) in [5.74, 6) is 2.14. The molecule has 8 nitrogen and oxygen atoms in total. The van der Waals surface area contributed by atoms with E-state index in [1.165, 1.54) is 11.3 Å². The number of benzene rings is 2. The van der Waals surface area contributed by atoms with Gasteiger partial charge in [0.2, 0.25) is 6.79 Å². The number of aryl methyl sites for hydroxylation is 1. The average Bonchev–Trinajstić information content (AvgIpc) is 3.48. The maximum atomic E-state index is 12.5. The first-order valence-corrected chi connectivity index (χ1v) is 9.61. The molecule has 144 valence electrons. The molecule has 0 fully saturated rings. The van der Waals surface area contributed by atoms with Crippen LogP contribution in [-0.4, -0.2) is 27.8 Å². The molecular weight excluding hydrogens is 392 g/mol. The fourth-order valence-corrected chi connectivity index (χ4v) is 3.58. The minimum Gasteiger partial charge on any atom is -0.454 e. The second-order valence-electron chi connectivity index (χ2n) is 6.28. The molecule has 2 aromatic carbocycles. The highest BCUT2D eigenvalue weighted by atomic mass is 32.1. The first kappa shape index (κ1) is 17.4. The molecule has 1 aliphatic rings. The Labute approximate surface area is 169 Å². The number of thiazole rings is 1. The zero-order chi connectivity index (χ0) is 19.8. The van der Waals surface area contributed by atoms with Gasteiger partial charge in [0.05, 0.1) is 5.69 Å². The van der Waals surface area contributed by atoms with Gasteiger partial charge in [-0.05, 0) is 49.4 Å². The van der Waals surface area contributed by atoms with Crippen LogP contribution in [0.15, 0.2) is 52.4 Å². The van der Waals surface area contributed by atoms with Crippen molar-refractivity contribution in [3.63, 3.8) is 0 Å². The number of ether oxygens (including phenoxy) is 2. The Hall–Kier alpha value is -3.72. The van der Waals surface area contributed by atoms with Crippen molar-refractivity contribution in [3.05, 3.63) is 59.2 Å². The van der Waals surface area contributed by atoms with Gasteiger partial charge in [-0.25, -0.2) is 4.98 Å². The summed E-state index contributed by atoms with van der Waals surface area (Å²) in [7, 11) is 0. The molecule has 1 N–H and O–H groups in total. The normalized spacial score (nSPS) is 12.2. The number of carbonyl (C=O) groups is 1. The third-order valence-electron chi connectivity index (χ3n) is 4.31. The van der Waals surface area contributed by atoms with Gasteiger partial charge < -0.3 is 14.0 Å². The van der Waals surface area contributed by atoms with E-state index in [4.69, 9.17) is 14.0 Å². The molecule has 0 radical (unpaired) electrons. The highest BCUT2D eigenvalue weighted by Crippen LogP contribution is 2.36. The summed E-state index contributed by atoms with van der Waals surface area (Å²) >= 11 is 1.36. The van der Waals surface area contributed by atoms with E-state index in [0.717, 1.165) is 22.6 Å². The monoisotopic (exact) mass is 406 g/mol. The van der Waals surface area contributed by atoms with Crippen LogP contribution in [0.2, 0.25) is 0 Å². The van der Waals surface area contributed by atoms with Crippen molar-refractivity contribution < 1.29 is 18.8 Å². The van der Waals surface area contributed by atoms with Gasteiger partial charge in [-0.3, -0.25) is 10.1 Å². The molecular formula is C20H14N4O4S. The minimum atomic E-state index is -0.246. The molecule has 0 bridgehead atoms. The lowest BCUT2D eigenvalue weighted by atomic mass is 10.1. The molecule has 29 heavy (non-hydrogen) atoms. The van der Waals surface area contributed by atoms with Gasteiger partial charge >= 0.3 is 0 Å². The van der Waals surface area contributed by atoms with Gasteiger partial charge in [0.25, 0.3) is 11.8 Å². The van der Waals surface area contributed by atoms with Crippen LogP contribution in [-0.2, 0) is 0 Å². The van der Waals surface area contributed by atoms with E-state index in [0.29, 0.717) is 28.2 Å². The third kappa shape index (κ3) is 3.43. The van der Waals surface area contributed by atoms with Crippen LogP contribution in [0.1, 0.15) is 16.2 Å². The smallest absolute Gasteiger partial charge is 0.257 e. The largest absolute Gasteiger partial charge is 0.454 e. The van der Waals surface area contributed by atoms with Crippen LogP contribution in [0.25, 0.3) is 22.7 Å². The number of rotatable bonds is 4. The van der Waals surface area contributed by atoms with Crippen LogP contribution in [0.3, 0.4) is 0 Å². The van der Waals surface area contributed by atoms with Crippen molar-refractivity contribution in [1.82, 2.24) is 15.1 Å². The molecule has 1 amide bonds. The summed E-state index contributed by atoms with van der Waals surface area (Å²) in [5, 5.41) is 8.99. The minimum absolute atomic E-state index is 0.224. The Morgan fingerprint density at radius 1 is 1.03 bits per heavy atom. The fraction of sp³-hybridized carbons (Fsp3) is 0.100. The van der Waals surface area contributed by atoms with Crippen molar-refractivity contribution >= 4 is 22.4 Å². The number of hydrogen-bond donors (Lipinski definition) is 1. The van der Waals surface area contributed by atoms with Crippen molar-refractivity contribution in [2.45, 2.75) is 6.92 Å². The van der Waals surface area contributed by atoms with E-state index >= 15 is 0 Å². The first-order valence-electron chi connectivity index (χ1n) is 8.73. The van der Waals surface area contributed by atoms with E-state index in [2.05, 4.69) is 20.4 Å². The maximum absolute atomic E-state index is 12.5. The van der Waals surface area contributed by atoms with E-state index in [1.54, 1.807) is 31.2 Å². The quantitative estimate of drug-likeness (QED) is 0.543. The van der Waals surface area contributed by atoms with Crippen molar-refractivity contribution in [1.29, 1.82) is 0 Å². The number of anilines is 1. The predicted octanol–water partition coefficient (Wildman–Crippen LogP) is 4.15. The zero-order valence-corrected chi connectivity index (χ0v) is 16.0. The Kier molecular flexibility index (Phi) is 4.21. The van der Waals surface area contributed by atoms with Gasteiger partial charge in [-0.1, -0.05) is 5.16 Å². The Morgan fingerprint density at radius 3 is 2.62 bits per heavy atom.